The van der Waals surface area contributed by atoms with Gasteiger partial charge in [0.2, 0.25) is 0 Å². The molecule has 0 unspecified atom stereocenters. The molecule has 0 saturated heterocycles. The monoisotopic (exact) mass is 276 g/mol. The second-order valence-corrected chi connectivity index (χ2v) is 4.50. The lowest BCUT2D eigenvalue weighted by Gasteiger charge is -2.11. The zero-order chi connectivity index (χ0) is 14.7. The number of methoxy groups -OCH3 is 1. The molecule has 3 N–H and O–H groups in total. The molecule has 20 heavy (non-hydrogen) atoms. The summed E-state index contributed by atoms with van der Waals surface area (Å²) in [5.41, 5.74) is 8.42. The molecule has 0 amide bonds. The van der Waals surface area contributed by atoms with Gasteiger partial charge < -0.3 is 15.8 Å². The Kier molecular flexibility index (Phi) is 4.02. The third-order valence-electron chi connectivity index (χ3n) is 2.99. The molecule has 0 atom stereocenters. The molecule has 0 aliphatic rings. The largest absolute Gasteiger partial charge is 0.467 e. The minimum atomic E-state index is -0.228. The van der Waals surface area contributed by atoms with E-state index in [1.807, 2.05) is 6.07 Å². The van der Waals surface area contributed by atoms with Crippen LogP contribution in [0.15, 0.2) is 18.2 Å². The number of nitrogens with zero attached hydrogens (tertiary/aromatic N) is 2. The second kappa shape index (κ2) is 5.73. The van der Waals surface area contributed by atoms with Crippen molar-refractivity contribution >= 4 is 11.5 Å². The Morgan fingerprint density at radius 2 is 2.05 bits per heavy atom. The zero-order valence-electron chi connectivity index (χ0n) is 11.7. The molecule has 106 valence electrons. The summed E-state index contributed by atoms with van der Waals surface area (Å²) in [5, 5.41) is 3.07. The van der Waals surface area contributed by atoms with E-state index >= 15 is 0 Å². The van der Waals surface area contributed by atoms with E-state index in [1.165, 1.54) is 13.2 Å². The zero-order valence-corrected chi connectivity index (χ0v) is 11.7. The fourth-order valence-corrected chi connectivity index (χ4v) is 1.71. The number of ether oxygens (including phenoxy) is 1. The minimum Gasteiger partial charge on any atom is -0.467 e. The Hall–Kier alpha value is -2.37. The second-order valence-electron chi connectivity index (χ2n) is 4.50. The highest BCUT2D eigenvalue weighted by molar-refractivity contribution is 5.64. The summed E-state index contributed by atoms with van der Waals surface area (Å²) in [4.78, 5) is 8.22. The first kappa shape index (κ1) is 14.0. The number of nitrogen functional groups attached to an aromatic ring is 1. The SMILES string of the molecule is COc1nc(C)c(N)c(NCc2ccc(C)c(F)c2)n1. The Bertz CT molecular complexity index is 631. The number of hydrogen-bond donors (Lipinski definition) is 2. The molecule has 6 heteroatoms. The van der Waals surface area contributed by atoms with E-state index in [2.05, 4.69) is 15.3 Å². The average Bonchev–Trinajstić information content (AvgIpc) is 2.44. The predicted octanol–water partition coefficient (Wildman–Crippen LogP) is 2.44. The number of aromatic nitrogens is 2. The van der Waals surface area contributed by atoms with Crippen molar-refractivity contribution in [2.75, 3.05) is 18.2 Å². The van der Waals surface area contributed by atoms with Crippen molar-refractivity contribution in [1.29, 1.82) is 0 Å². The highest BCUT2D eigenvalue weighted by Gasteiger charge is 2.09. The predicted molar refractivity (Wildman–Crippen MR) is 76.2 cm³/mol. The summed E-state index contributed by atoms with van der Waals surface area (Å²) >= 11 is 0. The molecule has 0 fully saturated rings. The molecule has 1 aromatic carbocycles. The smallest absolute Gasteiger partial charge is 0.318 e. The number of aryl methyl sites for hydroxylation is 2. The van der Waals surface area contributed by atoms with Gasteiger partial charge in [-0.15, -0.1) is 0 Å². The third kappa shape index (κ3) is 2.96. The van der Waals surface area contributed by atoms with Gasteiger partial charge in [-0.1, -0.05) is 12.1 Å². The Labute approximate surface area is 117 Å². The van der Waals surface area contributed by atoms with Gasteiger partial charge in [0, 0.05) is 6.54 Å². The van der Waals surface area contributed by atoms with Gasteiger partial charge >= 0.3 is 6.01 Å². The normalized spacial score (nSPS) is 10.4. The standard InChI is InChI=1S/C14H17FN4O/c1-8-4-5-10(6-11(8)15)7-17-13-12(16)9(2)18-14(19-13)20-3/h4-6H,7,16H2,1-3H3,(H,17,18,19). The Morgan fingerprint density at radius 3 is 2.70 bits per heavy atom. The number of nitrogens with two attached hydrogens (primary N) is 1. The van der Waals surface area contributed by atoms with Crippen LogP contribution in [0.2, 0.25) is 0 Å². The molecule has 0 spiro atoms. The number of rotatable bonds is 4. The van der Waals surface area contributed by atoms with Gasteiger partial charge in [0.05, 0.1) is 18.5 Å². The fraction of sp³-hybridized carbons (Fsp3) is 0.286. The molecule has 1 aromatic heterocycles. The maximum absolute atomic E-state index is 13.5. The van der Waals surface area contributed by atoms with E-state index in [4.69, 9.17) is 10.5 Å². The maximum atomic E-state index is 13.5. The summed E-state index contributed by atoms with van der Waals surface area (Å²) in [6.07, 6.45) is 0. The summed E-state index contributed by atoms with van der Waals surface area (Å²) in [6.45, 7) is 3.92. The van der Waals surface area contributed by atoms with Gasteiger partial charge in [-0.2, -0.15) is 9.97 Å². The van der Waals surface area contributed by atoms with Crippen LogP contribution in [0.5, 0.6) is 6.01 Å². The van der Waals surface area contributed by atoms with Crippen molar-refractivity contribution in [3.63, 3.8) is 0 Å². The number of hydrogen-bond acceptors (Lipinski definition) is 5. The van der Waals surface area contributed by atoms with Crippen LogP contribution in [0, 0.1) is 19.7 Å². The van der Waals surface area contributed by atoms with Crippen molar-refractivity contribution in [1.82, 2.24) is 9.97 Å². The third-order valence-corrected chi connectivity index (χ3v) is 2.99. The number of anilines is 2. The van der Waals surface area contributed by atoms with Gasteiger partial charge in [0.25, 0.3) is 0 Å². The van der Waals surface area contributed by atoms with Crippen molar-refractivity contribution in [3.8, 4) is 6.01 Å². The molecule has 2 aromatic rings. The maximum Gasteiger partial charge on any atom is 0.318 e. The lowest BCUT2D eigenvalue weighted by molar-refractivity contribution is 0.379. The van der Waals surface area contributed by atoms with E-state index in [1.54, 1.807) is 19.9 Å². The van der Waals surface area contributed by atoms with E-state index < -0.39 is 0 Å². The van der Waals surface area contributed by atoms with Crippen molar-refractivity contribution in [3.05, 3.63) is 40.8 Å². The minimum absolute atomic E-state index is 0.228. The first-order chi connectivity index (χ1) is 9.51. The molecule has 1 heterocycles. The van der Waals surface area contributed by atoms with Crippen LogP contribution >= 0.6 is 0 Å². The number of halogens is 1. The van der Waals surface area contributed by atoms with Crippen molar-refractivity contribution in [2.45, 2.75) is 20.4 Å². The number of nitrogens with one attached hydrogen (secondary N) is 1. The van der Waals surface area contributed by atoms with E-state index in [9.17, 15) is 4.39 Å². The molecule has 0 bridgehead atoms. The van der Waals surface area contributed by atoms with Crippen molar-refractivity contribution in [2.24, 2.45) is 0 Å². The van der Waals surface area contributed by atoms with Crippen LogP contribution in [-0.4, -0.2) is 17.1 Å². The summed E-state index contributed by atoms with van der Waals surface area (Å²) < 4.78 is 18.5. The van der Waals surface area contributed by atoms with Crippen molar-refractivity contribution < 1.29 is 9.13 Å². The molecule has 0 aliphatic carbocycles. The molecular weight excluding hydrogens is 259 g/mol. The average molecular weight is 276 g/mol. The highest BCUT2D eigenvalue weighted by atomic mass is 19.1. The quantitative estimate of drug-likeness (QED) is 0.897. The van der Waals surface area contributed by atoms with E-state index in [0.717, 1.165) is 5.56 Å². The molecule has 0 saturated carbocycles. The molecule has 5 nitrogen and oxygen atoms in total. The van der Waals surface area contributed by atoms with Gasteiger partial charge in [0.15, 0.2) is 5.82 Å². The molecule has 0 aliphatic heterocycles. The first-order valence-corrected chi connectivity index (χ1v) is 6.18. The summed E-state index contributed by atoms with van der Waals surface area (Å²) in [7, 11) is 1.49. The van der Waals surface area contributed by atoms with E-state index in [0.29, 0.717) is 29.3 Å². The Morgan fingerprint density at radius 1 is 1.30 bits per heavy atom. The van der Waals surface area contributed by atoms with Crippen LogP contribution in [0.4, 0.5) is 15.9 Å². The van der Waals surface area contributed by atoms with Gasteiger partial charge in [-0.3, -0.25) is 0 Å². The Balaban J connectivity index is 2.18. The fourth-order valence-electron chi connectivity index (χ4n) is 1.71. The van der Waals surface area contributed by atoms with Gasteiger partial charge in [0.1, 0.15) is 5.82 Å². The summed E-state index contributed by atoms with van der Waals surface area (Å²) in [5.74, 6) is 0.254. The van der Waals surface area contributed by atoms with Crippen LogP contribution in [0.1, 0.15) is 16.8 Å². The van der Waals surface area contributed by atoms with Crippen LogP contribution in [0.25, 0.3) is 0 Å². The highest BCUT2D eigenvalue weighted by Crippen LogP contribution is 2.22. The van der Waals surface area contributed by atoms with Crippen LogP contribution in [-0.2, 0) is 6.54 Å². The lowest BCUT2D eigenvalue weighted by Crippen LogP contribution is -2.08. The van der Waals surface area contributed by atoms with Crippen LogP contribution < -0.4 is 15.8 Å². The van der Waals surface area contributed by atoms with Crippen LogP contribution in [0.3, 0.4) is 0 Å². The van der Waals surface area contributed by atoms with Gasteiger partial charge in [-0.05, 0) is 31.0 Å². The number of benzene rings is 1. The lowest BCUT2D eigenvalue weighted by atomic mass is 10.1. The van der Waals surface area contributed by atoms with Gasteiger partial charge in [-0.25, -0.2) is 4.39 Å². The first-order valence-electron chi connectivity index (χ1n) is 6.18. The molecule has 2 rings (SSSR count). The van der Waals surface area contributed by atoms with E-state index in [-0.39, 0.29) is 11.8 Å². The summed E-state index contributed by atoms with van der Waals surface area (Å²) in [6, 6.07) is 5.33. The molecular formula is C14H17FN4O. The topological polar surface area (TPSA) is 73.1 Å². The molecule has 0 radical (unpaired) electrons.